The zero-order chi connectivity index (χ0) is 17.6. The van der Waals surface area contributed by atoms with Crippen LogP contribution in [-0.4, -0.2) is 41.7 Å². The molecule has 0 aliphatic rings. The Hall–Kier alpha value is -2.30. The van der Waals surface area contributed by atoms with E-state index in [1.54, 1.807) is 26.8 Å². The molecule has 0 saturated heterocycles. The van der Waals surface area contributed by atoms with Gasteiger partial charge in [0.05, 0.1) is 18.7 Å². The molecule has 0 aliphatic heterocycles. The third kappa shape index (κ3) is 5.77. The highest BCUT2D eigenvalue weighted by molar-refractivity contribution is 5.67. The van der Waals surface area contributed by atoms with Gasteiger partial charge >= 0.3 is 6.09 Å². The molecule has 23 heavy (non-hydrogen) atoms. The van der Waals surface area contributed by atoms with Gasteiger partial charge in [0.15, 0.2) is 0 Å². The Morgan fingerprint density at radius 1 is 1.39 bits per heavy atom. The number of benzene rings is 1. The van der Waals surface area contributed by atoms with E-state index in [-0.39, 0.29) is 12.1 Å². The molecule has 0 bridgehead atoms. The third-order valence-electron chi connectivity index (χ3n) is 2.90. The molecule has 7 heteroatoms. The third-order valence-corrected chi connectivity index (χ3v) is 2.90. The monoisotopic (exact) mass is 322 g/mol. The normalized spacial score (nSPS) is 13.6. The Kier molecular flexibility index (Phi) is 6.37. The minimum atomic E-state index is -1.33. The second-order valence-electron chi connectivity index (χ2n) is 5.96. The van der Waals surface area contributed by atoms with E-state index in [9.17, 15) is 15.0 Å². The number of rotatable bonds is 5. The summed E-state index contributed by atoms with van der Waals surface area (Å²) in [5.74, 6) is 0.341. The van der Waals surface area contributed by atoms with Crippen LogP contribution in [0.3, 0.4) is 0 Å². The van der Waals surface area contributed by atoms with E-state index in [1.165, 1.54) is 19.2 Å². The first-order chi connectivity index (χ1) is 10.7. The van der Waals surface area contributed by atoms with Crippen LogP contribution in [0.4, 0.5) is 4.79 Å². The van der Waals surface area contributed by atoms with Gasteiger partial charge < -0.3 is 25.0 Å². The molecule has 126 valence electrons. The van der Waals surface area contributed by atoms with Crippen molar-refractivity contribution in [3.63, 3.8) is 0 Å². The van der Waals surface area contributed by atoms with Crippen molar-refractivity contribution in [1.29, 1.82) is 5.26 Å². The van der Waals surface area contributed by atoms with E-state index < -0.39 is 23.9 Å². The fourth-order valence-corrected chi connectivity index (χ4v) is 1.86. The molecular weight excluding hydrogens is 300 g/mol. The first kappa shape index (κ1) is 18.7. The van der Waals surface area contributed by atoms with Crippen LogP contribution in [0, 0.1) is 11.3 Å². The van der Waals surface area contributed by atoms with Gasteiger partial charge in [0, 0.05) is 12.1 Å². The molecule has 1 amide bonds. The Labute approximate surface area is 135 Å². The number of aliphatic hydroxyl groups excluding tert-OH is 2. The summed E-state index contributed by atoms with van der Waals surface area (Å²) in [5, 5.41) is 31.6. The van der Waals surface area contributed by atoms with Gasteiger partial charge in [-0.3, -0.25) is 0 Å². The summed E-state index contributed by atoms with van der Waals surface area (Å²) >= 11 is 0. The molecule has 2 unspecified atom stereocenters. The highest BCUT2D eigenvalue weighted by Crippen LogP contribution is 2.28. The number of methoxy groups -OCH3 is 1. The topological polar surface area (TPSA) is 112 Å². The predicted molar refractivity (Wildman–Crippen MR) is 82.9 cm³/mol. The number of carbonyl (C=O) groups is 1. The van der Waals surface area contributed by atoms with Crippen molar-refractivity contribution < 1.29 is 24.5 Å². The number of nitrogens with one attached hydrogen (secondary N) is 1. The molecule has 0 heterocycles. The molecule has 0 aromatic heterocycles. The molecule has 0 fully saturated rings. The number of alkyl carbamates (subject to hydrolysis) is 1. The average Bonchev–Trinajstić information content (AvgIpc) is 2.49. The second kappa shape index (κ2) is 7.81. The van der Waals surface area contributed by atoms with Crippen molar-refractivity contribution in [2.24, 2.45) is 0 Å². The Bertz CT molecular complexity index is 589. The van der Waals surface area contributed by atoms with Crippen LogP contribution in [0.25, 0.3) is 0 Å². The van der Waals surface area contributed by atoms with Gasteiger partial charge in [-0.15, -0.1) is 0 Å². The van der Waals surface area contributed by atoms with Crippen molar-refractivity contribution in [1.82, 2.24) is 5.32 Å². The van der Waals surface area contributed by atoms with Gasteiger partial charge in [0.1, 0.15) is 23.6 Å². The summed E-state index contributed by atoms with van der Waals surface area (Å²) in [6.45, 7) is 4.94. The van der Waals surface area contributed by atoms with Gasteiger partial charge in [-0.1, -0.05) is 0 Å². The second-order valence-corrected chi connectivity index (χ2v) is 5.96. The molecule has 1 aromatic rings. The number of carbonyl (C=O) groups excluding carboxylic acids is 1. The molecule has 1 rings (SSSR count). The number of amides is 1. The van der Waals surface area contributed by atoms with Crippen molar-refractivity contribution in [3.8, 4) is 11.8 Å². The zero-order valence-electron chi connectivity index (χ0n) is 13.7. The Morgan fingerprint density at radius 3 is 2.57 bits per heavy atom. The standard InChI is InChI=1S/C16H22N2O5/c1-16(2,3)23-15(21)18-9-12(19)14(20)11-7-10(8-17)5-6-13(11)22-4/h5-7,12,14,19-20H,9H2,1-4H3,(H,18,21). The van der Waals surface area contributed by atoms with Gasteiger partial charge in [0.25, 0.3) is 0 Å². The molecule has 0 saturated carbocycles. The maximum absolute atomic E-state index is 11.6. The highest BCUT2D eigenvalue weighted by atomic mass is 16.6. The zero-order valence-corrected chi connectivity index (χ0v) is 13.7. The van der Waals surface area contributed by atoms with Crippen molar-refractivity contribution in [3.05, 3.63) is 29.3 Å². The number of hydrogen-bond acceptors (Lipinski definition) is 6. The highest BCUT2D eigenvalue weighted by Gasteiger charge is 2.24. The summed E-state index contributed by atoms with van der Waals surface area (Å²) < 4.78 is 10.2. The molecular formula is C16H22N2O5. The molecule has 0 radical (unpaired) electrons. The largest absolute Gasteiger partial charge is 0.496 e. The van der Waals surface area contributed by atoms with E-state index in [1.807, 2.05) is 6.07 Å². The summed E-state index contributed by atoms with van der Waals surface area (Å²) in [4.78, 5) is 11.6. The molecule has 2 atom stereocenters. The lowest BCUT2D eigenvalue weighted by atomic mass is 10.0. The fourth-order valence-electron chi connectivity index (χ4n) is 1.86. The minimum Gasteiger partial charge on any atom is -0.496 e. The molecule has 0 spiro atoms. The smallest absolute Gasteiger partial charge is 0.407 e. The number of hydrogen-bond donors (Lipinski definition) is 3. The quantitative estimate of drug-likeness (QED) is 0.757. The van der Waals surface area contributed by atoms with Crippen LogP contribution in [0.1, 0.15) is 38.0 Å². The van der Waals surface area contributed by atoms with Gasteiger partial charge in [-0.2, -0.15) is 5.26 Å². The van der Waals surface area contributed by atoms with Crippen LogP contribution < -0.4 is 10.1 Å². The first-order valence-corrected chi connectivity index (χ1v) is 7.09. The summed E-state index contributed by atoms with van der Waals surface area (Å²) in [6.07, 6.45) is -3.31. The van der Waals surface area contributed by atoms with E-state index in [2.05, 4.69) is 5.32 Å². The molecule has 3 N–H and O–H groups in total. The average molecular weight is 322 g/mol. The maximum atomic E-state index is 11.6. The van der Waals surface area contributed by atoms with Crippen LogP contribution in [-0.2, 0) is 4.74 Å². The first-order valence-electron chi connectivity index (χ1n) is 7.09. The van der Waals surface area contributed by atoms with Crippen molar-refractivity contribution in [2.75, 3.05) is 13.7 Å². The van der Waals surface area contributed by atoms with Gasteiger partial charge in [-0.05, 0) is 39.0 Å². The van der Waals surface area contributed by atoms with Crippen LogP contribution >= 0.6 is 0 Å². The Morgan fingerprint density at radius 2 is 2.04 bits per heavy atom. The lowest BCUT2D eigenvalue weighted by Gasteiger charge is -2.23. The fraction of sp³-hybridized carbons (Fsp3) is 0.500. The van der Waals surface area contributed by atoms with Gasteiger partial charge in [0.2, 0.25) is 0 Å². The van der Waals surface area contributed by atoms with Crippen molar-refractivity contribution >= 4 is 6.09 Å². The number of nitriles is 1. The number of aliphatic hydroxyl groups is 2. The van der Waals surface area contributed by atoms with Crippen LogP contribution in [0.5, 0.6) is 5.75 Å². The van der Waals surface area contributed by atoms with E-state index in [4.69, 9.17) is 14.7 Å². The predicted octanol–water partition coefficient (Wildman–Crippen LogP) is 1.49. The summed E-state index contributed by atoms with van der Waals surface area (Å²) in [6, 6.07) is 6.46. The maximum Gasteiger partial charge on any atom is 0.407 e. The summed E-state index contributed by atoms with van der Waals surface area (Å²) in [5.41, 5.74) is -0.0601. The summed E-state index contributed by atoms with van der Waals surface area (Å²) in [7, 11) is 1.42. The molecule has 1 aromatic carbocycles. The molecule has 7 nitrogen and oxygen atoms in total. The lowest BCUT2D eigenvalue weighted by Crippen LogP contribution is -2.38. The number of nitrogens with zero attached hydrogens (tertiary/aromatic N) is 1. The Balaban J connectivity index is 2.75. The minimum absolute atomic E-state index is 0.212. The van der Waals surface area contributed by atoms with E-state index >= 15 is 0 Å². The lowest BCUT2D eigenvalue weighted by molar-refractivity contribution is 0.0119. The van der Waals surface area contributed by atoms with E-state index in [0.717, 1.165) is 0 Å². The number of ether oxygens (including phenoxy) is 2. The van der Waals surface area contributed by atoms with Gasteiger partial charge in [-0.25, -0.2) is 4.79 Å². The van der Waals surface area contributed by atoms with Crippen LogP contribution in [0.2, 0.25) is 0 Å². The van der Waals surface area contributed by atoms with Crippen molar-refractivity contribution in [2.45, 2.75) is 38.6 Å². The van der Waals surface area contributed by atoms with E-state index in [0.29, 0.717) is 11.3 Å². The SMILES string of the molecule is COc1ccc(C#N)cc1C(O)C(O)CNC(=O)OC(C)(C)C. The van der Waals surface area contributed by atoms with Crippen LogP contribution in [0.15, 0.2) is 18.2 Å². The molecule has 0 aliphatic carbocycles.